The van der Waals surface area contributed by atoms with Crippen molar-refractivity contribution in [1.29, 1.82) is 0 Å². The maximum atomic E-state index is 13.2. The zero-order valence-corrected chi connectivity index (χ0v) is 19.8. The van der Waals surface area contributed by atoms with Crippen molar-refractivity contribution in [1.82, 2.24) is 10.2 Å². The molecule has 1 aliphatic heterocycles. The Morgan fingerprint density at radius 2 is 1.74 bits per heavy atom. The van der Waals surface area contributed by atoms with Crippen LogP contribution in [0.1, 0.15) is 42.6 Å². The molecule has 1 N–H and O–H groups in total. The van der Waals surface area contributed by atoms with Crippen LogP contribution >= 0.6 is 0 Å². The second-order valence-electron chi connectivity index (χ2n) is 8.63. The van der Waals surface area contributed by atoms with E-state index in [9.17, 15) is 14.4 Å². The highest BCUT2D eigenvalue weighted by Crippen LogP contribution is 2.37. The molecule has 0 unspecified atom stereocenters. The molecule has 0 saturated carbocycles. The molecule has 3 amide bonds. The zero-order chi connectivity index (χ0) is 24.1. The third kappa shape index (κ3) is 4.81. The molecule has 3 aromatic rings. The predicted octanol–water partition coefficient (Wildman–Crippen LogP) is 4.18. The molecule has 0 aliphatic carbocycles. The number of nitrogens with zero attached hydrogens (tertiary/aromatic N) is 2. The van der Waals surface area contributed by atoms with Gasteiger partial charge in [0.25, 0.3) is 5.91 Å². The molecule has 1 aliphatic rings. The number of hydrogen-bond donors (Lipinski definition) is 1. The molecule has 0 aromatic heterocycles. The van der Waals surface area contributed by atoms with Crippen LogP contribution < -0.4 is 10.2 Å². The van der Waals surface area contributed by atoms with E-state index in [1.807, 2.05) is 73.7 Å². The first-order chi connectivity index (χ1) is 16.5. The third-order valence-electron chi connectivity index (χ3n) is 6.42. The number of benzene rings is 3. The van der Waals surface area contributed by atoms with Gasteiger partial charge in [0.1, 0.15) is 6.04 Å². The van der Waals surface area contributed by atoms with Crippen LogP contribution in [0.15, 0.2) is 66.7 Å². The molecule has 1 heterocycles. The minimum absolute atomic E-state index is 0.0177. The molecule has 4 rings (SSSR count). The zero-order valence-electron chi connectivity index (χ0n) is 19.8. The topological polar surface area (TPSA) is 69.7 Å². The van der Waals surface area contributed by atoms with Crippen LogP contribution in [0.3, 0.4) is 0 Å². The molecule has 34 heavy (non-hydrogen) atoms. The first-order valence-electron chi connectivity index (χ1n) is 12.0. The first-order valence-corrected chi connectivity index (χ1v) is 12.0. The second-order valence-corrected chi connectivity index (χ2v) is 8.63. The quantitative estimate of drug-likeness (QED) is 0.497. The number of likely N-dealkylation sites (N-methyl/N-ethyl adjacent to an activating group) is 1. The van der Waals surface area contributed by atoms with Gasteiger partial charge in [0.05, 0.1) is 5.69 Å². The van der Waals surface area contributed by atoms with Gasteiger partial charge < -0.3 is 15.1 Å². The van der Waals surface area contributed by atoms with Crippen LogP contribution in [0.5, 0.6) is 0 Å². The third-order valence-corrected chi connectivity index (χ3v) is 6.42. The summed E-state index contributed by atoms with van der Waals surface area (Å²) in [4.78, 5) is 42.2. The molecule has 0 bridgehead atoms. The molecular weight excluding hydrogens is 426 g/mol. The maximum Gasteiger partial charge on any atom is 0.258 e. The van der Waals surface area contributed by atoms with Gasteiger partial charge in [0.2, 0.25) is 11.8 Å². The van der Waals surface area contributed by atoms with E-state index >= 15 is 0 Å². The molecule has 3 aromatic carbocycles. The van der Waals surface area contributed by atoms with Gasteiger partial charge in [-0.25, -0.2) is 0 Å². The second kappa shape index (κ2) is 10.5. The first kappa shape index (κ1) is 23.5. The molecule has 6 heteroatoms. The molecule has 0 radical (unpaired) electrons. The monoisotopic (exact) mass is 457 g/mol. The maximum absolute atomic E-state index is 13.2. The molecule has 0 fully saturated rings. The van der Waals surface area contributed by atoms with Gasteiger partial charge >= 0.3 is 0 Å². The molecule has 176 valence electrons. The summed E-state index contributed by atoms with van der Waals surface area (Å²) >= 11 is 0. The number of nitrogens with one attached hydrogen (secondary N) is 1. The van der Waals surface area contributed by atoms with Gasteiger partial charge in [-0.05, 0) is 49.8 Å². The smallest absolute Gasteiger partial charge is 0.258 e. The van der Waals surface area contributed by atoms with Gasteiger partial charge in [-0.2, -0.15) is 0 Å². The van der Waals surface area contributed by atoms with Gasteiger partial charge in [0, 0.05) is 37.0 Å². The van der Waals surface area contributed by atoms with E-state index in [0.29, 0.717) is 38.0 Å². The Labute approximate surface area is 200 Å². The summed E-state index contributed by atoms with van der Waals surface area (Å²) in [5.74, 6) is -0.242. The Hall–Kier alpha value is -3.67. The van der Waals surface area contributed by atoms with Gasteiger partial charge in [0.15, 0.2) is 0 Å². The van der Waals surface area contributed by atoms with Crippen LogP contribution in [-0.2, 0) is 16.0 Å². The van der Waals surface area contributed by atoms with E-state index in [1.165, 1.54) is 0 Å². The SMILES string of the molecule is CCNC(=O)[C@@H](C)N(CCc1ccccc1)C(=O)CCCN1C(=O)c2cccc3cccc1c23. The Bertz CT molecular complexity index is 1190. The van der Waals surface area contributed by atoms with E-state index in [-0.39, 0.29) is 24.1 Å². The number of amides is 3. The highest BCUT2D eigenvalue weighted by molar-refractivity contribution is 6.25. The van der Waals surface area contributed by atoms with Crippen molar-refractivity contribution in [2.75, 3.05) is 24.5 Å². The van der Waals surface area contributed by atoms with E-state index in [2.05, 4.69) is 5.32 Å². The number of anilines is 1. The summed E-state index contributed by atoms with van der Waals surface area (Å²) < 4.78 is 0. The van der Waals surface area contributed by atoms with E-state index in [0.717, 1.165) is 22.0 Å². The molecule has 0 spiro atoms. The van der Waals surface area contributed by atoms with Gasteiger partial charge in [-0.3, -0.25) is 14.4 Å². The van der Waals surface area contributed by atoms with Crippen molar-refractivity contribution >= 4 is 34.2 Å². The van der Waals surface area contributed by atoms with Crippen LogP contribution in [0.25, 0.3) is 10.8 Å². The lowest BCUT2D eigenvalue weighted by Gasteiger charge is -2.29. The number of rotatable bonds is 10. The summed E-state index contributed by atoms with van der Waals surface area (Å²) in [6.45, 7) is 5.09. The minimum Gasteiger partial charge on any atom is -0.355 e. The van der Waals surface area contributed by atoms with E-state index < -0.39 is 6.04 Å². The molecular formula is C28H31N3O3. The number of carbonyl (C=O) groups excluding carboxylic acids is 3. The Kier molecular flexibility index (Phi) is 7.26. The van der Waals surface area contributed by atoms with Crippen molar-refractivity contribution in [2.24, 2.45) is 0 Å². The van der Waals surface area contributed by atoms with Crippen molar-refractivity contribution in [3.8, 4) is 0 Å². The van der Waals surface area contributed by atoms with Crippen LogP contribution in [-0.4, -0.2) is 48.3 Å². The Morgan fingerprint density at radius 3 is 2.47 bits per heavy atom. The summed E-state index contributed by atoms with van der Waals surface area (Å²) in [7, 11) is 0. The van der Waals surface area contributed by atoms with E-state index in [1.54, 1.807) is 16.7 Å². The Balaban J connectivity index is 1.42. The van der Waals surface area contributed by atoms with Crippen molar-refractivity contribution in [3.63, 3.8) is 0 Å². The van der Waals surface area contributed by atoms with Gasteiger partial charge in [-0.1, -0.05) is 54.6 Å². The molecule has 0 saturated heterocycles. The average molecular weight is 458 g/mol. The number of carbonyl (C=O) groups is 3. The van der Waals surface area contributed by atoms with Crippen LogP contribution in [0.4, 0.5) is 5.69 Å². The lowest BCUT2D eigenvalue weighted by atomic mass is 10.1. The molecule has 6 nitrogen and oxygen atoms in total. The summed E-state index contributed by atoms with van der Waals surface area (Å²) in [6, 6.07) is 21.1. The van der Waals surface area contributed by atoms with E-state index in [4.69, 9.17) is 0 Å². The van der Waals surface area contributed by atoms with Gasteiger partial charge in [-0.15, -0.1) is 0 Å². The highest BCUT2D eigenvalue weighted by Gasteiger charge is 2.30. The normalized spacial score (nSPS) is 13.2. The van der Waals surface area contributed by atoms with Crippen LogP contribution in [0.2, 0.25) is 0 Å². The predicted molar refractivity (Wildman–Crippen MR) is 135 cm³/mol. The van der Waals surface area contributed by atoms with Crippen molar-refractivity contribution < 1.29 is 14.4 Å². The summed E-state index contributed by atoms with van der Waals surface area (Å²) in [5.41, 5.74) is 2.74. The fraction of sp³-hybridized carbons (Fsp3) is 0.321. The fourth-order valence-corrected chi connectivity index (χ4v) is 4.63. The van der Waals surface area contributed by atoms with Crippen molar-refractivity contribution in [2.45, 2.75) is 39.2 Å². The number of hydrogen-bond acceptors (Lipinski definition) is 3. The standard InChI is InChI=1S/C28H31N3O3/c1-3-29-27(33)20(2)30(19-17-21-10-5-4-6-11-21)25(32)16-9-18-31-24-15-8-13-22-12-7-14-23(26(22)24)28(31)34/h4-8,10-15,20H,3,9,16-19H2,1-2H3,(H,29,33)/t20-/m1/s1. The van der Waals surface area contributed by atoms with Crippen molar-refractivity contribution in [3.05, 3.63) is 77.9 Å². The minimum atomic E-state index is -0.553. The Morgan fingerprint density at radius 1 is 1.00 bits per heavy atom. The highest BCUT2D eigenvalue weighted by atomic mass is 16.2. The largest absolute Gasteiger partial charge is 0.355 e. The summed E-state index contributed by atoms with van der Waals surface area (Å²) in [6.07, 6.45) is 1.48. The average Bonchev–Trinajstić information content (AvgIpc) is 3.13. The fourth-order valence-electron chi connectivity index (χ4n) is 4.63. The molecule has 1 atom stereocenters. The summed E-state index contributed by atoms with van der Waals surface area (Å²) in [5, 5.41) is 4.85. The van der Waals surface area contributed by atoms with Crippen LogP contribution in [0, 0.1) is 0 Å². The lowest BCUT2D eigenvalue weighted by molar-refractivity contribution is -0.139. The lowest BCUT2D eigenvalue weighted by Crippen LogP contribution is -2.48.